The van der Waals surface area contributed by atoms with Crippen molar-refractivity contribution in [2.24, 2.45) is 5.92 Å². The zero-order chi connectivity index (χ0) is 29.6. The first-order valence-corrected chi connectivity index (χ1v) is 14.6. The van der Waals surface area contributed by atoms with Crippen LogP contribution in [0.2, 0.25) is 5.02 Å². The lowest BCUT2D eigenvalue weighted by molar-refractivity contribution is 0.0284. The molecule has 2 aromatic heterocycles. The summed E-state index contributed by atoms with van der Waals surface area (Å²) in [6.45, 7) is 6.93. The number of halogens is 1. The number of likely N-dealkylation sites (tertiary alicyclic amines) is 1. The maximum Gasteiger partial charge on any atom is 0.410 e. The van der Waals surface area contributed by atoms with Gasteiger partial charge >= 0.3 is 6.09 Å². The number of thioether (sulfide) groups is 1. The highest BCUT2D eigenvalue weighted by Crippen LogP contribution is 2.29. The lowest BCUT2D eigenvalue weighted by Crippen LogP contribution is -2.35. The van der Waals surface area contributed by atoms with Crippen LogP contribution in [0.4, 0.5) is 16.3 Å². The molecule has 10 nitrogen and oxygen atoms in total. The smallest absolute Gasteiger partial charge is 0.410 e. The van der Waals surface area contributed by atoms with E-state index in [0.29, 0.717) is 41.8 Å². The maximum absolute atomic E-state index is 13.4. The van der Waals surface area contributed by atoms with Gasteiger partial charge in [0.2, 0.25) is 0 Å². The van der Waals surface area contributed by atoms with Gasteiger partial charge in [0.15, 0.2) is 5.69 Å². The number of nitrogens with one attached hydrogen (secondary N) is 2. The summed E-state index contributed by atoms with van der Waals surface area (Å²) in [5.74, 6) is -0.207. The lowest BCUT2D eigenvalue weighted by Gasteiger charge is -2.24. The number of nitrogens with zero attached hydrogens (tertiary/aromatic N) is 3. The minimum absolute atomic E-state index is 0.0222. The third-order valence-corrected chi connectivity index (χ3v) is 7.03. The van der Waals surface area contributed by atoms with Crippen molar-refractivity contribution in [3.05, 3.63) is 71.1 Å². The molecule has 1 saturated heterocycles. The average molecular weight is 598 g/mol. The van der Waals surface area contributed by atoms with E-state index in [2.05, 4.69) is 20.6 Å². The molecule has 0 saturated carbocycles. The summed E-state index contributed by atoms with van der Waals surface area (Å²) in [4.78, 5) is 49.6. The van der Waals surface area contributed by atoms with Crippen LogP contribution in [0.15, 0.2) is 59.8 Å². The van der Waals surface area contributed by atoms with E-state index in [9.17, 15) is 14.4 Å². The predicted molar refractivity (Wildman–Crippen MR) is 159 cm³/mol. The first-order chi connectivity index (χ1) is 19.5. The Kier molecular flexibility index (Phi) is 9.72. The van der Waals surface area contributed by atoms with Crippen LogP contribution in [0.3, 0.4) is 0 Å². The minimum atomic E-state index is -0.562. The SMILES string of the molecule is CSc1ccc(C(=O)Nc2cccnc2C(=O)Nc2ccc(Cl)cn2)c(OCC2CCN(C(=O)OC(C)(C)C)C2)c1. The Labute approximate surface area is 248 Å². The van der Waals surface area contributed by atoms with Gasteiger partial charge in [-0.05, 0) is 75.9 Å². The summed E-state index contributed by atoms with van der Waals surface area (Å²) < 4.78 is 11.6. The fourth-order valence-corrected chi connectivity index (χ4v) is 4.65. The van der Waals surface area contributed by atoms with Gasteiger partial charge in [-0.15, -0.1) is 11.8 Å². The fraction of sp³-hybridized carbons (Fsp3) is 0.345. The predicted octanol–water partition coefficient (Wildman–Crippen LogP) is 5.99. The molecule has 0 aliphatic carbocycles. The molecule has 1 aliphatic rings. The van der Waals surface area contributed by atoms with Gasteiger partial charge in [0.1, 0.15) is 17.2 Å². The van der Waals surface area contributed by atoms with Crippen LogP contribution in [0, 0.1) is 5.92 Å². The molecule has 3 heterocycles. The second kappa shape index (κ2) is 13.2. The Hall–Kier alpha value is -3.83. The van der Waals surface area contributed by atoms with Gasteiger partial charge in [-0.3, -0.25) is 9.59 Å². The highest BCUT2D eigenvalue weighted by Gasteiger charge is 2.30. The van der Waals surface area contributed by atoms with Gasteiger partial charge in [-0.2, -0.15) is 0 Å². The summed E-state index contributed by atoms with van der Waals surface area (Å²) in [6.07, 6.45) is 5.24. The van der Waals surface area contributed by atoms with Crippen molar-refractivity contribution in [3.63, 3.8) is 0 Å². The number of ether oxygens (including phenoxy) is 2. The van der Waals surface area contributed by atoms with Crippen LogP contribution < -0.4 is 15.4 Å². The van der Waals surface area contributed by atoms with Crippen molar-refractivity contribution in [2.45, 2.75) is 37.7 Å². The van der Waals surface area contributed by atoms with Gasteiger partial charge in [-0.1, -0.05) is 11.6 Å². The molecule has 4 rings (SSSR count). The molecule has 0 spiro atoms. The molecule has 2 N–H and O–H groups in total. The van der Waals surface area contributed by atoms with E-state index in [0.717, 1.165) is 11.3 Å². The number of amides is 3. The lowest BCUT2D eigenvalue weighted by atomic mass is 10.1. The molecular weight excluding hydrogens is 566 g/mol. The van der Waals surface area contributed by atoms with Crippen molar-refractivity contribution in [3.8, 4) is 5.75 Å². The van der Waals surface area contributed by atoms with Crippen molar-refractivity contribution in [1.29, 1.82) is 0 Å². The second-order valence-corrected chi connectivity index (χ2v) is 11.7. The van der Waals surface area contributed by atoms with E-state index in [-0.39, 0.29) is 23.4 Å². The number of aromatic nitrogens is 2. The highest BCUT2D eigenvalue weighted by molar-refractivity contribution is 7.98. The van der Waals surface area contributed by atoms with Gasteiger partial charge in [0.05, 0.1) is 22.9 Å². The zero-order valence-electron chi connectivity index (χ0n) is 23.3. The Bertz CT molecular complexity index is 1410. The van der Waals surface area contributed by atoms with Gasteiger partial charge < -0.3 is 25.0 Å². The molecule has 1 aliphatic heterocycles. The van der Waals surface area contributed by atoms with E-state index < -0.39 is 17.4 Å². The quantitative estimate of drug-likeness (QED) is 0.303. The van der Waals surface area contributed by atoms with Crippen LogP contribution in [0.5, 0.6) is 5.75 Å². The van der Waals surface area contributed by atoms with Gasteiger partial charge in [0, 0.05) is 36.3 Å². The number of anilines is 2. The molecule has 0 bridgehead atoms. The summed E-state index contributed by atoms with van der Waals surface area (Å²) in [6, 6.07) is 11.7. The molecule has 41 heavy (non-hydrogen) atoms. The number of benzene rings is 1. The maximum atomic E-state index is 13.4. The third-order valence-electron chi connectivity index (χ3n) is 6.09. The molecular formula is C29H32ClN5O5S. The summed E-state index contributed by atoms with van der Waals surface area (Å²) in [5, 5.41) is 5.88. The molecule has 1 aromatic carbocycles. The topological polar surface area (TPSA) is 123 Å². The third kappa shape index (κ3) is 8.34. The van der Waals surface area contributed by atoms with Crippen LogP contribution in [0.1, 0.15) is 48.0 Å². The molecule has 0 radical (unpaired) electrons. The monoisotopic (exact) mass is 597 g/mol. The number of carbonyl (C=O) groups excluding carboxylic acids is 3. The number of rotatable bonds is 8. The number of hydrogen-bond acceptors (Lipinski definition) is 8. The number of pyridine rings is 2. The average Bonchev–Trinajstić information content (AvgIpc) is 3.42. The van der Waals surface area contributed by atoms with Crippen LogP contribution in [0.25, 0.3) is 0 Å². The van der Waals surface area contributed by atoms with E-state index in [1.807, 2.05) is 39.2 Å². The number of hydrogen-bond donors (Lipinski definition) is 2. The zero-order valence-corrected chi connectivity index (χ0v) is 24.8. The molecule has 1 fully saturated rings. The molecule has 3 aromatic rings. The fourth-order valence-electron chi connectivity index (χ4n) is 4.11. The van der Waals surface area contributed by atoms with Crippen molar-refractivity contribution in [1.82, 2.24) is 14.9 Å². The first kappa shape index (κ1) is 30.1. The molecule has 216 valence electrons. The van der Waals surface area contributed by atoms with Crippen molar-refractivity contribution < 1.29 is 23.9 Å². The largest absolute Gasteiger partial charge is 0.492 e. The molecule has 3 amide bonds. The molecule has 12 heteroatoms. The van der Waals surface area contributed by atoms with Crippen LogP contribution in [-0.2, 0) is 4.74 Å². The Morgan fingerprint density at radius 1 is 1.10 bits per heavy atom. The Balaban J connectivity index is 1.45. The van der Waals surface area contributed by atoms with E-state index >= 15 is 0 Å². The van der Waals surface area contributed by atoms with Crippen molar-refractivity contribution >= 4 is 52.8 Å². The van der Waals surface area contributed by atoms with Crippen LogP contribution in [-0.4, -0.2) is 64.3 Å². The van der Waals surface area contributed by atoms with E-state index in [4.69, 9.17) is 21.1 Å². The summed E-state index contributed by atoms with van der Waals surface area (Å²) >= 11 is 7.39. The van der Waals surface area contributed by atoms with E-state index in [1.54, 1.807) is 35.2 Å². The standard InChI is InChI=1S/C29H32ClN5O5S/c1-29(2,3)40-28(38)35-13-11-18(16-35)17-39-23-14-20(41-4)8-9-21(23)26(36)33-22-6-5-12-31-25(22)27(37)34-24-10-7-19(30)15-32-24/h5-10,12,14-15,18H,11,13,16-17H2,1-4H3,(H,33,36)(H,32,34,37). The molecule has 1 atom stereocenters. The summed E-state index contributed by atoms with van der Waals surface area (Å²) in [5.41, 5.74) is -0.00527. The molecule has 1 unspecified atom stereocenters. The summed E-state index contributed by atoms with van der Waals surface area (Å²) in [7, 11) is 0. The van der Waals surface area contributed by atoms with Gasteiger partial charge in [-0.25, -0.2) is 14.8 Å². The van der Waals surface area contributed by atoms with Crippen LogP contribution >= 0.6 is 23.4 Å². The Morgan fingerprint density at radius 2 is 1.90 bits per heavy atom. The van der Waals surface area contributed by atoms with E-state index in [1.165, 1.54) is 24.2 Å². The van der Waals surface area contributed by atoms with Gasteiger partial charge in [0.25, 0.3) is 11.8 Å². The highest BCUT2D eigenvalue weighted by atomic mass is 35.5. The number of carbonyl (C=O) groups is 3. The normalized spacial score (nSPS) is 14.9. The Morgan fingerprint density at radius 3 is 2.61 bits per heavy atom. The second-order valence-electron chi connectivity index (χ2n) is 10.4. The van der Waals surface area contributed by atoms with Crippen molar-refractivity contribution in [2.75, 3.05) is 36.6 Å². The first-order valence-electron chi connectivity index (χ1n) is 13.0. The minimum Gasteiger partial charge on any atom is -0.492 e.